The fourth-order valence-corrected chi connectivity index (χ4v) is 4.65. The van der Waals surface area contributed by atoms with Gasteiger partial charge in [0.25, 0.3) is 16.4 Å². The maximum Gasteiger partial charge on any atom is 0.269 e. The molecule has 0 atom stereocenters. The van der Waals surface area contributed by atoms with Gasteiger partial charge in [-0.15, -0.1) is 0 Å². The van der Waals surface area contributed by atoms with Crippen LogP contribution in [0.5, 0.6) is 0 Å². The summed E-state index contributed by atoms with van der Waals surface area (Å²) in [7, 11) is -3.97. The summed E-state index contributed by atoms with van der Waals surface area (Å²) in [5, 5.41) is 0.230. The normalized spacial score (nSPS) is 12.2. The van der Waals surface area contributed by atoms with Gasteiger partial charge in [-0.25, -0.2) is 21.2 Å². The second-order valence-corrected chi connectivity index (χ2v) is 7.27. The van der Waals surface area contributed by atoms with E-state index >= 15 is 0 Å². The zero-order chi connectivity index (χ0) is 15.9. The van der Waals surface area contributed by atoms with Gasteiger partial charge >= 0.3 is 0 Å². The lowest BCUT2D eigenvalue weighted by atomic mass is 10.2. The summed E-state index contributed by atoms with van der Waals surface area (Å²) >= 11 is 3.19. The molecule has 2 aromatic carbocycles. The average molecular weight is 386 g/mol. The molecule has 0 bridgehead atoms. The molecule has 0 N–H and O–H groups in total. The summed E-state index contributed by atoms with van der Waals surface area (Å²) in [4.78, 5) is 0.0246. The predicted molar refractivity (Wildman–Crippen MR) is 83.6 cm³/mol. The number of alkyl halides is 2. The fraction of sp³-hybridized carbons (Fsp3) is 0.0667. The smallest absolute Gasteiger partial charge is 0.241 e. The Morgan fingerprint density at radius 2 is 1.64 bits per heavy atom. The Balaban J connectivity index is 2.33. The number of benzene rings is 2. The SMILES string of the molecule is O=S(=O)(c1ccccc1Br)n1cc(C(F)F)c2ccccc21. The number of halogens is 3. The topological polar surface area (TPSA) is 39.1 Å². The first-order valence-corrected chi connectivity index (χ1v) is 8.54. The molecular formula is C15H10BrF2NO2S. The number of aromatic nitrogens is 1. The van der Waals surface area contributed by atoms with E-state index in [2.05, 4.69) is 15.9 Å². The summed E-state index contributed by atoms with van der Waals surface area (Å²) in [5.74, 6) is 0. The van der Waals surface area contributed by atoms with Crippen molar-refractivity contribution >= 4 is 36.9 Å². The van der Waals surface area contributed by atoms with Crippen LogP contribution in [0.15, 0.2) is 64.1 Å². The van der Waals surface area contributed by atoms with Gasteiger partial charge in [0.15, 0.2) is 0 Å². The van der Waals surface area contributed by atoms with Crippen molar-refractivity contribution in [3.8, 4) is 0 Å². The largest absolute Gasteiger partial charge is 0.269 e. The zero-order valence-electron chi connectivity index (χ0n) is 11.1. The third kappa shape index (κ3) is 2.34. The minimum atomic E-state index is -3.97. The predicted octanol–water partition coefficient (Wildman–Crippen LogP) is 4.58. The molecule has 3 nitrogen and oxygen atoms in total. The van der Waals surface area contributed by atoms with Gasteiger partial charge in [-0.05, 0) is 34.1 Å². The Labute approximate surface area is 134 Å². The van der Waals surface area contributed by atoms with Crippen molar-refractivity contribution in [2.24, 2.45) is 0 Å². The summed E-state index contributed by atoms with van der Waals surface area (Å²) in [6.07, 6.45) is -1.76. The van der Waals surface area contributed by atoms with Gasteiger partial charge in [-0.2, -0.15) is 0 Å². The average Bonchev–Trinajstić information content (AvgIpc) is 2.88. The number of fused-ring (bicyclic) bond motifs is 1. The van der Waals surface area contributed by atoms with Gasteiger partial charge in [-0.1, -0.05) is 30.3 Å². The highest BCUT2D eigenvalue weighted by Crippen LogP contribution is 2.33. The Morgan fingerprint density at radius 1 is 1.00 bits per heavy atom. The van der Waals surface area contributed by atoms with Gasteiger partial charge in [0.05, 0.1) is 5.52 Å². The molecule has 0 unspecified atom stereocenters. The quantitative estimate of drug-likeness (QED) is 0.661. The van der Waals surface area contributed by atoms with Crippen molar-refractivity contribution in [1.82, 2.24) is 3.97 Å². The lowest BCUT2D eigenvalue weighted by Crippen LogP contribution is -2.12. The second-order valence-electron chi connectivity index (χ2n) is 4.63. The second kappa shape index (κ2) is 5.48. The molecule has 0 aliphatic rings. The third-order valence-electron chi connectivity index (χ3n) is 3.32. The molecule has 7 heteroatoms. The molecule has 0 spiro atoms. The van der Waals surface area contributed by atoms with E-state index in [1.54, 1.807) is 30.3 Å². The Hall–Kier alpha value is -1.73. The van der Waals surface area contributed by atoms with Crippen molar-refractivity contribution in [2.75, 3.05) is 0 Å². The molecule has 0 saturated heterocycles. The maximum absolute atomic E-state index is 13.2. The van der Waals surface area contributed by atoms with E-state index in [9.17, 15) is 17.2 Å². The molecular weight excluding hydrogens is 376 g/mol. The first kappa shape index (κ1) is 15.2. The molecule has 0 radical (unpaired) electrons. The third-order valence-corrected chi connectivity index (χ3v) is 6.00. The van der Waals surface area contributed by atoms with Gasteiger partial charge in [-0.3, -0.25) is 0 Å². The lowest BCUT2D eigenvalue weighted by molar-refractivity contribution is 0.153. The van der Waals surface area contributed by atoms with E-state index in [1.807, 2.05) is 0 Å². The molecule has 114 valence electrons. The van der Waals surface area contributed by atoms with Crippen molar-refractivity contribution in [3.05, 3.63) is 64.8 Å². The molecule has 1 heterocycles. The van der Waals surface area contributed by atoms with Gasteiger partial charge in [0, 0.05) is 21.6 Å². The Morgan fingerprint density at radius 3 is 2.32 bits per heavy atom. The zero-order valence-corrected chi connectivity index (χ0v) is 13.5. The molecule has 0 fully saturated rings. The van der Waals surface area contributed by atoms with Crippen LogP contribution in [-0.2, 0) is 10.0 Å². The number of rotatable bonds is 3. The van der Waals surface area contributed by atoms with E-state index in [-0.39, 0.29) is 21.4 Å². The molecule has 1 aromatic heterocycles. The van der Waals surface area contributed by atoms with Crippen LogP contribution in [0.25, 0.3) is 10.9 Å². The van der Waals surface area contributed by atoms with Crippen LogP contribution in [0.4, 0.5) is 8.78 Å². The van der Waals surface area contributed by atoms with Crippen LogP contribution in [0.1, 0.15) is 12.0 Å². The highest BCUT2D eigenvalue weighted by atomic mass is 79.9. The van der Waals surface area contributed by atoms with Gasteiger partial charge in [0.2, 0.25) is 0 Å². The van der Waals surface area contributed by atoms with E-state index < -0.39 is 16.4 Å². The molecule has 3 rings (SSSR count). The summed E-state index contributed by atoms with van der Waals surface area (Å²) < 4.78 is 53.2. The van der Waals surface area contributed by atoms with Crippen LogP contribution in [0.3, 0.4) is 0 Å². The molecule has 0 amide bonds. The highest BCUT2D eigenvalue weighted by molar-refractivity contribution is 9.10. The number of para-hydroxylation sites is 1. The van der Waals surface area contributed by atoms with E-state index in [4.69, 9.17) is 0 Å². The van der Waals surface area contributed by atoms with Gasteiger partial charge in [0.1, 0.15) is 4.90 Å². The van der Waals surface area contributed by atoms with Crippen LogP contribution >= 0.6 is 15.9 Å². The summed E-state index contributed by atoms with van der Waals surface area (Å²) in [6, 6.07) is 12.5. The van der Waals surface area contributed by atoms with Crippen LogP contribution in [0.2, 0.25) is 0 Å². The van der Waals surface area contributed by atoms with Gasteiger partial charge < -0.3 is 0 Å². The van der Waals surface area contributed by atoms with E-state index in [0.717, 1.165) is 10.2 Å². The standard InChI is InChI=1S/C15H10BrF2NO2S/c16-12-6-2-4-8-14(12)22(20,21)19-9-11(15(17)18)10-5-1-3-7-13(10)19/h1-9,15H. The summed E-state index contributed by atoms with van der Waals surface area (Å²) in [5.41, 5.74) is -0.0696. The van der Waals surface area contributed by atoms with Crippen LogP contribution in [-0.4, -0.2) is 12.4 Å². The first-order chi connectivity index (χ1) is 10.4. The molecule has 0 saturated carbocycles. The van der Waals surface area contributed by atoms with Crippen LogP contribution < -0.4 is 0 Å². The molecule has 0 aliphatic carbocycles. The molecule has 22 heavy (non-hydrogen) atoms. The van der Waals surface area contributed by atoms with Crippen molar-refractivity contribution in [3.63, 3.8) is 0 Å². The van der Waals surface area contributed by atoms with E-state index in [0.29, 0.717) is 4.47 Å². The number of hydrogen-bond donors (Lipinski definition) is 0. The van der Waals surface area contributed by atoms with Crippen molar-refractivity contribution in [2.45, 2.75) is 11.3 Å². The van der Waals surface area contributed by atoms with Crippen molar-refractivity contribution < 1.29 is 17.2 Å². The van der Waals surface area contributed by atoms with Crippen molar-refractivity contribution in [1.29, 1.82) is 0 Å². The number of nitrogens with zero attached hydrogens (tertiary/aromatic N) is 1. The Bertz CT molecular complexity index is 951. The van der Waals surface area contributed by atoms with E-state index in [1.165, 1.54) is 18.2 Å². The number of hydrogen-bond acceptors (Lipinski definition) is 2. The minimum absolute atomic E-state index is 0.0246. The molecule has 0 aliphatic heterocycles. The maximum atomic E-state index is 13.2. The minimum Gasteiger partial charge on any atom is -0.241 e. The molecule has 3 aromatic rings. The Kier molecular flexibility index (Phi) is 3.78. The monoisotopic (exact) mass is 385 g/mol. The summed E-state index contributed by atoms with van der Waals surface area (Å²) in [6.45, 7) is 0. The van der Waals surface area contributed by atoms with Crippen LogP contribution in [0, 0.1) is 0 Å². The lowest BCUT2D eigenvalue weighted by Gasteiger charge is -2.09. The fourth-order valence-electron chi connectivity index (χ4n) is 2.31. The highest BCUT2D eigenvalue weighted by Gasteiger charge is 2.25. The first-order valence-electron chi connectivity index (χ1n) is 6.31.